The zero-order valence-corrected chi connectivity index (χ0v) is 28.4. The Morgan fingerprint density at radius 1 is 0.744 bits per heavy atom. The van der Waals surface area contributed by atoms with Crippen LogP contribution in [0.3, 0.4) is 0 Å². The number of amides is 1. The molecule has 39 heavy (non-hydrogen) atoms. The molecule has 0 aliphatic carbocycles. The third-order valence-electron chi connectivity index (χ3n) is 7.59. The van der Waals surface area contributed by atoms with Crippen LogP contribution in [0.4, 0.5) is 0 Å². The number of likely N-dealkylation sites (N-methyl/N-ethyl adjacent to an activating group) is 1. The number of nitrogens with one attached hydrogen (secondary N) is 1. The van der Waals surface area contributed by atoms with E-state index in [1.165, 1.54) is 122 Å². The lowest BCUT2D eigenvalue weighted by molar-refractivity contribution is -0.121. The maximum Gasteiger partial charge on any atom is 0.220 e. The lowest BCUT2D eigenvalue weighted by atomic mass is 10.1. The average Bonchev–Trinajstić information content (AvgIpc) is 2.91. The summed E-state index contributed by atoms with van der Waals surface area (Å²) in [5, 5.41) is 3.17. The lowest BCUT2D eigenvalue weighted by Crippen LogP contribution is -2.33. The second kappa shape index (κ2) is 31.0. The van der Waals surface area contributed by atoms with Crippen molar-refractivity contribution in [3.8, 4) is 0 Å². The molecule has 234 valence electrons. The molecule has 0 spiro atoms. The van der Waals surface area contributed by atoms with E-state index in [1.54, 1.807) is 0 Å². The molecule has 0 rings (SSSR count). The zero-order valence-electron chi connectivity index (χ0n) is 26.7. The van der Waals surface area contributed by atoms with Crippen LogP contribution < -0.4 is 5.32 Å². The molecule has 0 aliphatic heterocycles. The van der Waals surface area contributed by atoms with Crippen LogP contribution in [0.15, 0.2) is 0 Å². The molecule has 0 radical (unpaired) electrons. The molecule has 0 aromatic heterocycles. The number of unbranched alkanes of at least 4 members (excludes halogenated alkanes) is 18. The molecule has 6 heteroatoms. The van der Waals surface area contributed by atoms with Gasteiger partial charge in [-0.3, -0.25) is 4.79 Å². The molecule has 0 heterocycles. The standard InChI is InChI=1S/C33H68N2O2S2/c1-5-7-9-11-13-15-17-19-21-23-29-38-31-32(25-26-33(36)34-27-28-35(3)4)39(37)30-24-22-20-18-16-14-12-10-8-6-2/h32H,5-31H2,1-4H3,(H,34,36). The maximum absolute atomic E-state index is 13.2. The van der Waals surface area contributed by atoms with E-state index >= 15 is 0 Å². The van der Waals surface area contributed by atoms with Gasteiger partial charge in [-0.25, -0.2) is 0 Å². The minimum Gasteiger partial charge on any atom is -0.616 e. The van der Waals surface area contributed by atoms with E-state index in [4.69, 9.17) is 0 Å². The minimum atomic E-state index is -0.824. The normalized spacial score (nSPS) is 13.2. The van der Waals surface area contributed by atoms with Gasteiger partial charge in [0.2, 0.25) is 5.91 Å². The molecule has 0 fully saturated rings. The van der Waals surface area contributed by atoms with Crippen LogP contribution in [-0.4, -0.2) is 65.1 Å². The molecule has 0 saturated heterocycles. The van der Waals surface area contributed by atoms with Gasteiger partial charge in [0.1, 0.15) is 11.0 Å². The predicted molar refractivity (Wildman–Crippen MR) is 179 cm³/mol. The summed E-state index contributed by atoms with van der Waals surface area (Å²) in [7, 11) is 4.04. The van der Waals surface area contributed by atoms with Crippen LogP contribution in [0.1, 0.15) is 155 Å². The van der Waals surface area contributed by atoms with Gasteiger partial charge in [-0.05, 0) is 50.3 Å². The highest BCUT2D eigenvalue weighted by molar-refractivity contribution is 8.00. The van der Waals surface area contributed by atoms with Crippen molar-refractivity contribution < 1.29 is 9.35 Å². The van der Waals surface area contributed by atoms with E-state index in [1.807, 2.05) is 25.9 Å². The summed E-state index contributed by atoms with van der Waals surface area (Å²) in [5.74, 6) is 3.02. The first-order valence-electron chi connectivity index (χ1n) is 16.9. The van der Waals surface area contributed by atoms with Crippen molar-refractivity contribution >= 4 is 28.8 Å². The van der Waals surface area contributed by atoms with Gasteiger partial charge in [-0.2, -0.15) is 11.8 Å². The van der Waals surface area contributed by atoms with E-state index in [0.717, 1.165) is 36.6 Å². The molecule has 1 amide bonds. The second-order valence-electron chi connectivity index (χ2n) is 11.8. The number of carbonyl (C=O) groups is 1. The van der Waals surface area contributed by atoms with Gasteiger partial charge in [0, 0.05) is 31.7 Å². The summed E-state index contributed by atoms with van der Waals surface area (Å²) in [4.78, 5) is 14.4. The second-order valence-corrected chi connectivity index (χ2v) is 14.8. The van der Waals surface area contributed by atoms with E-state index in [9.17, 15) is 9.35 Å². The third kappa shape index (κ3) is 29.4. The van der Waals surface area contributed by atoms with Crippen molar-refractivity contribution in [1.29, 1.82) is 0 Å². The first-order valence-corrected chi connectivity index (χ1v) is 19.4. The summed E-state index contributed by atoms with van der Waals surface area (Å²) in [5.41, 5.74) is 0. The number of thioether (sulfide) groups is 1. The molecule has 0 bridgehead atoms. The molecule has 0 aromatic carbocycles. The largest absolute Gasteiger partial charge is 0.616 e. The highest BCUT2D eigenvalue weighted by Gasteiger charge is 2.23. The molecular weight excluding hydrogens is 521 g/mol. The van der Waals surface area contributed by atoms with Crippen molar-refractivity contribution in [2.45, 2.75) is 160 Å². The van der Waals surface area contributed by atoms with Crippen LogP contribution >= 0.6 is 11.8 Å². The third-order valence-corrected chi connectivity index (χ3v) is 10.9. The minimum absolute atomic E-state index is 0.109. The topological polar surface area (TPSA) is 55.4 Å². The van der Waals surface area contributed by atoms with Crippen molar-refractivity contribution in [3.63, 3.8) is 0 Å². The van der Waals surface area contributed by atoms with Crippen LogP contribution in [0.25, 0.3) is 0 Å². The lowest BCUT2D eigenvalue weighted by Gasteiger charge is -2.22. The van der Waals surface area contributed by atoms with Crippen LogP contribution in [0.2, 0.25) is 0 Å². The molecule has 2 atom stereocenters. The fourth-order valence-corrected chi connectivity index (χ4v) is 8.00. The summed E-state index contributed by atoms with van der Waals surface area (Å²) in [6.45, 7) is 6.09. The Balaban J connectivity index is 4.14. The first kappa shape index (κ1) is 39.1. The van der Waals surface area contributed by atoms with Crippen molar-refractivity contribution in [3.05, 3.63) is 0 Å². The van der Waals surface area contributed by atoms with Crippen LogP contribution in [-0.2, 0) is 16.0 Å². The highest BCUT2D eigenvalue weighted by Crippen LogP contribution is 2.20. The number of hydrogen-bond acceptors (Lipinski definition) is 4. The molecular formula is C33H68N2O2S2. The Hall–Kier alpha value is 0.0900. The van der Waals surface area contributed by atoms with Crippen molar-refractivity contribution in [2.24, 2.45) is 0 Å². The molecule has 1 N–H and O–H groups in total. The zero-order chi connectivity index (χ0) is 28.8. The molecule has 0 aromatic rings. The number of carbonyl (C=O) groups excluding carboxylic acids is 1. The molecule has 2 unspecified atom stereocenters. The van der Waals surface area contributed by atoms with Gasteiger partial charge in [0.15, 0.2) is 0 Å². The highest BCUT2D eigenvalue weighted by atomic mass is 32.2. The maximum atomic E-state index is 13.2. The number of hydrogen-bond donors (Lipinski definition) is 1. The summed E-state index contributed by atoms with van der Waals surface area (Å²) < 4.78 is 13.2. The average molecular weight is 589 g/mol. The van der Waals surface area contributed by atoms with E-state index in [2.05, 4.69) is 24.1 Å². The summed E-state index contributed by atoms with van der Waals surface area (Å²) >= 11 is 1.14. The first-order chi connectivity index (χ1) is 19.0. The van der Waals surface area contributed by atoms with E-state index < -0.39 is 11.2 Å². The van der Waals surface area contributed by atoms with Gasteiger partial charge in [0.05, 0.1) is 0 Å². The van der Waals surface area contributed by atoms with E-state index in [-0.39, 0.29) is 11.2 Å². The molecule has 4 nitrogen and oxygen atoms in total. The quantitative estimate of drug-likeness (QED) is 0.0648. The predicted octanol–water partition coefficient (Wildman–Crippen LogP) is 9.14. The fraction of sp³-hybridized carbons (Fsp3) is 0.970. The van der Waals surface area contributed by atoms with Gasteiger partial charge < -0.3 is 14.8 Å². The Labute approximate surface area is 252 Å². The van der Waals surface area contributed by atoms with Crippen molar-refractivity contribution in [2.75, 3.05) is 44.4 Å². The van der Waals surface area contributed by atoms with Gasteiger partial charge in [-0.1, -0.05) is 123 Å². The van der Waals surface area contributed by atoms with Crippen LogP contribution in [0.5, 0.6) is 0 Å². The van der Waals surface area contributed by atoms with Gasteiger partial charge in [-0.15, -0.1) is 0 Å². The number of nitrogens with zero attached hydrogens (tertiary/aromatic N) is 1. The Bertz CT molecular complexity index is 508. The summed E-state index contributed by atoms with van der Waals surface area (Å²) in [6.07, 6.45) is 28.0. The fourth-order valence-electron chi connectivity index (χ4n) is 4.89. The molecule has 0 aliphatic rings. The van der Waals surface area contributed by atoms with Gasteiger partial charge >= 0.3 is 0 Å². The Morgan fingerprint density at radius 2 is 1.21 bits per heavy atom. The molecule has 0 saturated carbocycles. The smallest absolute Gasteiger partial charge is 0.220 e. The monoisotopic (exact) mass is 588 g/mol. The number of rotatable bonds is 31. The van der Waals surface area contributed by atoms with Crippen molar-refractivity contribution in [1.82, 2.24) is 10.2 Å². The Morgan fingerprint density at radius 3 is 1.69 bits per heavy atom. The summed E-state index contributed by atoms with van der Waals surface area (Å²) in [6, 6.07) is 0. The van der Waals surface area contributed by atoms with Crippen LogP contribution in [0, 0.1) is 0 Å². The van der Waals surface area contributed by atoms with E-state index in [0.29, 0.717) is 13.0 Å². The Kier molecular flexibility index (Phi) is 31.1. The SMILES string of the molecule is CCCCCCCCCCCCSCC(CCC(=O)NCCN(C)C)[S+]([O-])CCCCCCCCCCCC. The van der Waals surface area contributed by atoms with Gasteiger partial charge in [0.25, 0.3) is 0 Å².